The van der Waals surface area contributed by atoms with Gasteiger partial charge in [-0.3, -0.25) is 4.79 Å². The van der Waals surface area contributed by atoms with Crippen LogP contribution >= 0.6 is 27.5 Å². The summed E-state index contributed by atoms with van der Waals surface area (Å²) in [6.45, 7) is 1.87. The Balaban J connectivity index is 2.34. The number of hydrogen-bond acceptors (Lipinski definition) is 3. The Morgan fingerprint density at radius 3 is 2.88 bits per heavy atom. The van der Waals surface area contributed by atoms with E-state index in [1.807, 2.05) is 6.07 Å². The maximum absolute atomic E-state index is 12.5. The molecule has 0 fully saturated rings. The van der Waals surface area contributed by atoms with Gasteiger partial charge in [0, 0.05) is 20.7 Å². The van der Waals surface area contributed by atoms with Crippen molar-refractivity contribution in [3.63, 3.8) is 0 Å². The third kappa shape index (κ3) is 4.89. The Morgan fingerprint density at radius 1 is 1.42 bits per heavy atom. The number of amides is 1. The number of terminal acetylenes is 1. The summed E-state index contributed by atoms with van der Waals surface area (Å²) in [6.07, 6.45) is 6.67. The molecule has 0 atom stereocenters. The number of carbonyl (C=O) groups excluding carboxylic acids is 1. The molecule has 1 N–H and O–H groups in total. The van der Waals surface area contributed by atoms with Gasteiger partial charge in [0.25, 0.3) is 5.91 Å². The summed E-state index contributed by atoms with van der Waals surface area (Å²) in [7, 11) is 0. The maximum atomic E-state index is 12.5. The van der Waals surface area contributed by atoms with Crippen LogP contribution in [0.15, 0.2) is 46.4 Å². The van der Waals surface area contributed by atoms with Gasteiger partial charge in [0.15, 0.2) is 0 Å². The van der Waals surface area contributed by atoms with Gasteiger partial charge in [-0.15, -0.1) is 6.42 Å². The lowest BCUT2D eigenvalue weighted by atomic mass is 10.1. The molecule has 0 unspecified atom stereocenters. The van der Waals surface area contributed by atoms with E-state index >= 15 is 0 Å². The van der Waals surface area contributed by atoms with Crippen LogP contribution in [0, 0.1) is 30.6 Å². The highest BCUT2D eigenvalue weighted by molar-refractivity contribution is 9.10. The fraction of sp³-hybridized carbons (Fsp3) is 0.100. The molecule has 0 aliphatic rings. The molecule has 0 saturated heterocycles. The van der Waals surface area contributed by atoms with Crippen molar-refractivity contribution in [2.45, 2.75) is 6.92 Å². The highest BCUT2D eigenvalue weighted by Gasteiger charge is 2.13. The van der Waals surface area contributed by atoms with Crippen LogP contribution < -0.4 is 10.1 Å². The molecular formula is C20H14BrClN2O2. The van der Waals surface area contributed by atoms with Gasteiger partial charge >= 0.3 is 0 Å². The van der Waals surface area contributed by atoms with Gasteiger partial charge in [0.1, 0.15) is 24.0 Å². The van der Waals surface area contributed by atoms with E-state index in [-0.39, 0.29) is 12.2 Å². The smallest absolute Gasteiger partial charge is 0.266 e. The van der Waals surface area contributed by atoms with E-state index in [2.05, 4.69) is 27.2 Å². The van der Waals surface area contributed by atoms with Crippen LogP contribution in [-0.4, -0.2) is 12.5 Å². The molecule has 26 heavy (non-hydrogen) atoms. The summed E-state index contributed by atoms with van der Waals surface area (Å²) in [5.41, 5.74) is 1.75. The summed E-state index contributed by atoms with van der Waals surface area (Å²) in [4.78, 5) is 12.5. The zero-order valence-corrected chi connectivity index (χ0v) is 16.2. The molecule has 0 heterocycles. The second-order valence-corrected chi connectivity index (χ2v) is 6.53. The predicted octanol–water partition coefficient (Wildman–Crippen LogP) is 4.97. The molecule has 0 aromatic heterocycles. The van der Waals surface area contributed by atoms with Crippen molar-refractivity contribution >= 4 is 45.2 Å². The largest absolute Gasteiger partial charge is 0.480 e. The number of hydrogen-bond donors (Lipinski definition) is 1. The summed E-state index contributed by atoms with van der Waals surface area (Å²) in [5, 5.41) is 12.6. The zero-order chi connectivity index (χ0) is 19.1. The number of anilines is 1. The molecule has 2 aromatic rings. The molecule has 0 radical (unpaired) electrons. The second kappa shape index (κ2) is 9.10. The quantitative estimate of drug-likeness (QED) is 0.415. The number of nitrogens with one attached hydrogen (secondary N) is 1. The number of benzene rings is 2. The Kier molecular flexibility index (Phi) is 6.86. The Morgan fingerprint density at radius 2 is 2.19 bits per heavy atom. The maximum Gasteiger partial charge on any atom is 0.266 e. The molecule has 1 amide bonds. The fourth-order valence-corrected chi connectivity index (χ4v) is 2.67. The van der Waals surface area contributed by atoms with Crippen LogP contribution in [0.3, 0.4) is 0 Å². The third-order valence-corrected chi connectivity index (χ3v) is 4.37. The van der Waals surface area contributed by atoms with Gasteiger partial charge in [-0.1, -0.05) is 39.5 Å². The summed E-state index contributed by atoms with van der Waals surface area (Å²) < 4.78 is 6.24. The first-order chi connectivity index (χ1) is 12.5. The van der Waals surface area contributed by atoms with Crippen molar-refractivity contribution in [1.82, 2.24) is 0 Å². The van der Waals surface area contributed by atoms with Gasteiger partial charge < -0.3 is 10.1 Å². The first kappa shape index (κ1) is 19.6. The molecule has 130 valence electrons. The first-order valence-electron chi connectivity index (χ1n) is 7.50. The lowest BCUT2D eigenvalue weighted by molar-refractivity contribution is -0.112. The summed E-state index contributed by atoms with van der Waals surface area (Å²) >= 11 is 9.42. The van der Waals surface area contributed by atoms with Gasteiger partial charge in [-0.05, 0) is 48.9 Å². The topological polar surface area (TPSA) is 62.1 Å². The molecule has 0 aliphatic carbocycles. The SMILES string of the molecule is C#CCOc1ccc(Br)cc1/C=C(\C#N)C(=O)Nc1cccc(Cl)c1C. The van der Waals surface area contributed by atoms with Crippen LogP contribution in [-0.2, 0) is 4.79 Å². The highest BCUT2D eigenvalue weighted by Crippen LogP contribution is 2.27. The number of rotatable bonds is 5. The Hall–Kier alpha value is -2.73. The van der Waals surface area contributed by atoms with E-state index < -0.39 is 5.91 Å². The fourth-order valence-electron chi connectivity index (χ4n) is 2.12. The highest BCUT2D eigenvalue weighted by atomic mass is 79.9. The molecule has 0 saturated carbocycles. The minimum atomic E-state index is -0.541. The van der Waals surface area contributed by atoms with Crippen LogP contribution in [0.5, 0.6) is 5.75 Å². The average Bonchev–Trinajstić information content (AvgIpc) is 2.62. The molecule has 0 aliphatic heterocycles. The standard InChI is InChI=1S/C20H14BrClN2O2/c1-3-9-26-19-8-7-16(21)11-14(19)10-15(12-23)20(25)24-18-6-4-5-17(22)13(18)2/h1,4-8,10-11H,9H2,2H3,(H,24,25)/b15-10+. The molecule has 0 bridgehead atoms. The average molecular weight is 430 g/mol. The third-order valence-electron chi connectivity index (χ3n) is 3.46. The molecule has 2 rings (SSSR count). The van der Waals surface area contributed by atoms with E-state index in [1.165, 1.54) is 6.08 Å². The minimum Gasteiger partial charge on any atom is -0.480 e. The van der Waals surface area contributed by atoms with E-state index in [9.17, 15) is 10.1 Å². The van der Waals surface area contributed by atoms with Crippen molar-refractivity contribution in [2.24, 2.45) is 0 Å². The number of halogens is 2. The van der Waals surface area contributed by atoms with Crippen LogP contribution in [0.4, 0.5) is 5.69 Å². The zero-order valence-electron chi connectivity index (χ0n) is 13.8. The van der Waals surface area contributed by atoms with E-state index in [4.69, 9.17) is 22.8 Å². The number of ether oxygens (including phenoxy) is 1. The van der Waals surface area contributed by atoms with E-state index in [0.717, 1.165) is 10.0 Å². The Labute approximate surface area is 165 Å². The molecule has 6 heteroatoms. The lowest BCUT2D eigenvalue weighted by Crippen LogP contribution is -2.14. The van der Waals surface area contributed by atoms with Gasteiger partial charge in [-0.25, -0.2) is 0 Å². The predicted molar refractivity (Wildman–Crippen MR) is 107 cm³/mol. The lowest BCUT2D eigenvalue weighted by Gasteiger charge is -2.10. The molecular weight excluding hydrogens is 416 g/mol. The van der Waals surface area contributed by atoms with Crippen molar-refractivity contribution in [2.75, 3.05) is 11.9 Å². The van der Waals surface area contributed by atoms with Crippen LogP contribution in [0.2, 0.25) is 5.02 Å². The summed E-state index contributed by atoms with van der Waals surface area (Å²) in [6, 6.07) is 12.3. The number of carbonyl (C=O) groups is 1. The minimum absolute atomic E-state index is 0.0759. The molecule has 0 spiro atoms. The molecule has 2 aromatic carbocycles. The van der Waals surface area contributed by atoms with Crippen molar-refractivity contribution < 1.29 is 9.53 Å². The monoisotopic (exact) mass is 428 g/mol. The van der Waals surface area contributed by atoms with Gasteiger partial charge in [0.2, 0.25) is 0 Å². The van der Waals surface area contributed by atoms with Gasteiger partial charge in [0.05, 0.1) is 0 Å². The van der Waals surface area contributed by atoms with E-state index in [0.29, 0.717) is 22.0 Å². The van der Waals surface area contributed by atoms with E-state index in [1.54, 1.807) is 43.3 Å². The normalized spacial score (nSPS) is 10.6. The Bertz CT molecular complexity index is 955. The molecule has 4 nitrogen and oxygen atoms in total. The van der Waals surface area contributed by atoms with Crippen molar-refractivity contribution in [1.29, 1.82) is 5.26 Å². The van der Waals surface area contributed by atoms with Crippen molar-refractivity contribution in [3.8, 4) is 24.2 Å². The number of nitrogens with zero attached hydrogens (tertiary/aromatic N) is 1. The number of nitriles is 1. The second-order valence-electron chi connectivity index (χ2n) is 5.21. The van der Waals surface area contributed by atoms with Gasteiger partial charge in [-0.2, -0.15) is 5.26 Å². The van der Waals surface area contributed by atoms with Crippen LogP contribution in [0.25, 0.3) is 6.08 Å². The van der Waals surface area contributed by atoms with Crippen molar-refractivity contribution in [3.05, 3.63) is 62.6 Å². The van der Waals surface area contributed by atoms with Crippen LogP contribution in [0.1, 0.15) is 11.1 Å². The first-order valence-corrected chi connectivity index (χ1v) is 8.67. The summed E-state index contributed by atoms with van der Waals surface area (Å²) in [5.74, 6) is 2.32.